The second-order valence-corrected chi connectivity index (χ2v) is 4.41. The van der Waals surface area contributed by atoms with Crippen molar-refractivity contribution in [3.05, 3.63) is 47.2 Å². The quantitative estimate of drug-likeness (QED) is 0.828. The molecule has 1 aromatic rings. The Kier molecular flexibility index (Phi) is 4.40. The third-order valence-electron chi connectivity index (χ3n) is 3.14. The van der Waals surface area contributed by atoms with Gasteiger partial charge >= 0.3 is 12.0 Å². The first-order valence-electron chi connectivity index (χ1n) is 6.70. The maximum absolute atomic E-state index is 12.2. The summed E-state index contributed by atoms with van der Waals surface area (Å²) >= 11 is 0. The van der Waals surface area contributed by atoms with Crippen molar-refractivity contribution in [2.45, 2.75) is 26.3 Å². The molecule has 1 heterocycles. The highest BCUT2D eigenvalue weighted by Gasteiger charge is 2.32. The van der Waals surface area contributed by atoms with E-state index in [4.69, 9.17) is 4.74 Å². The van der Waals surface area contributed by atoms with E-state index in [1.54, 1.807) is 6.92 Å². The molecule has 0 aliphatic carbocycles. The van der Waals surface area contributed by atoms with Crippen LogP contribution in [-0.2, 0) is 9.53 Å². The zero-order valence-electron chi connectivity index (χ0n) is 11.6. The highest BCUT2D eigenvalue weighted by atomic mass is 16.5. The first-order chi connectivity index (χ1) is 9.67. The summed E-state index contributed by atoms with van der Waals surface area (Å²) in [4.78, 5) is 23.9. The fraction of sp³-hybridized carbons (Fsp3) is 0.333. The molecule has 106 valence electrons. The third-order valence-corrected chi connectivity index (χ3v) is 3.14. The predicted octanol–water partition coefficient (Wildman–Crippen LogP) is 2.27. The molecule has 0 unspecified atom stereocenters. The van der Waals surface area contributed by atoms with Crippen LogP contribution in [0.4, 0.5) is 4.79 Å². The Bertz CT molecular complexity index is 537. The molecular weight excluding hydrogens is 256 g/mol. The summed E-state index contributed by atoms with van der Waals surface area (Å²) in [6.45, 7) is 3.95. The van der Waals surface area contributed by atoms with Crippen molar-refractivity contribution in [3.8, 4) is 0 Å². The van der Waals surface area contributed by atoms with Gasteiger partial charge in [0.05, 0.1) is 18.2 Å². The second kappa shape index (κ2) is 6.23. The first-order valence-corrected chi connectivity index (χ1v) is 6.70. The molecule has 0 saturated heterocycles. The Labute approximate surface area is 118 Å². The molecule has 5 nitrogen and oxygen atoms in total. The van der Waals surface area contributed by atoms with Gasteiger partial charge in [0, 0.05) is 5.70 Å². The Hall–Kier alpha value is -2.30. The van der Waals surface area contributed by atoms with Crippen molar-refractivity contribution in [2.24, 2.45) is 0 Å². The van der Waals surface area contributed by atoms with Gasteiger partial charge in [-0.05, 0) is 18.9 Å². The van der Waals surface area contributed by atoms with Gasteiger partial charge in [-0.2, -0.15) is 0 Å². The highest BCUT2D eigenvalue weighted by Crippen LogP contribution is 2.28. The van der Waals surface area contributed by atoms with Gasteiger partial charge < -0.3 is 15.4 Å². The molecular formula is C15H18N2O3. The summed E-state index contributed by atoms with van der Waals surface area (Å²) in [6, 6.07) is 8.62. The zero-order valence-corrected chi connectivity index (χ0v) is 11.6. The number of urea groups is 1. The lowest BCUT2D eigenvalue weighted by atomic mass is 9.94. The monoisotopic (exact) mass is 274 g/mol. The molecule has 1 aliphatic heterocycles. The number of carbonyl (C=O) groups excluding carboxylic acids is 2. The topological polar surface area (TPSA) is 67.4 Å². The number of hydrogen-bond donors (Lipinski definition) is 2. The maximum Gasteiger partial charge on any atom is 0.338 e. The summed E-state index contributed by atoms with van der Waals surface area (Å²) in [7, 11) is 0. The van der Waals surface area contributed by atoms with Crippen LogP contribution in [0.1, 0.15) is 31.9 Å². The average Bonchev–Trinajstić information content (AvgIpc) is 2.47. The summed E-state index contributed by atoms with van der Waals surface area (Å²) in [5.41, 5.74) is 1.94. The average molecular weight is 274 g/mol. The van der Waals surface area contributed by atoms with Crippen molar-refractivity contribution >= 4 is 12.0 Å². The van der Waals surface area contributed by atoms with Crippen LogP contribution in [0, 0.1) is 0 Å². The molecule has 0 fully saturated rings. The van der Waals surface area contributed by atoms with Gasteiger partial charge in [0.2, 0.25) is 0 Å². The van der Waals surface area contributed by atoms with Crippen LogP contribution >= 0.6 is 0 Å². The molecule has 1 atom stereocenters. The molecule has 1 aromatic carbocycles. The maximum atomic E-state index is 12.2. The predicted molar refractivity (Wildman–Crippen MR) is 74.8 cm³/mol. The molecule has 0 radical (unpaired) electrons. The van der Waals surface area contributed by atoms with E-state index in [1.165, 1.54) is 0 Å². The number of rotatable bonds is 4. The van der Waals surface area contributed by atoms with E-state index in [0.29, 0.717) is 24.3 Å². The Balaban J connectivity index is 2.46. The number of allylic oxidation sites excluding steroid dienone is 1. The molecule has 0 spiro atoms. The Morgan fingerprint density at radius 3 is 2.55 bits per heavy atom. The minimum absolute atomic E-state index is 0.300. The number of amides is 2. The Morgan fingerprint density at radius 1 is 1.25 bits per heavy atom. The minimum Gasteiger partial charge on any atom is -0.463 e. The molecule has 2 rings (SSSR count). The highest BCUT2D eigenvalue weighted by molar-refractivity contribution is 5.95. The fourth-order valence-electron chi connectivity index (χ4n) is 2.24. The number of hydrogen-bond acceptors (Lipinski definition) is 3. The van der Waals surface area contributed by atoms with Crippen molar-refractivity contribution in [3.63, 3.8) is 0 Å². The smallest absolute Gasteiger partial charge is 0.338 e. The van der Waals surface area contributed by atoms with Gasteiger partial charge in [-0.15, -0.1) is 0 Å². The minimum atomic E-state index is -0.473. The van der Waals surface area contributed by atoms with Crippen molar-refractivity contribution in [2.75, 3.05) is 6.61 Å². The van der Waals surface area contributed by atoms with Crippen LogP contribution in [0.25, 0.3) is 0 Å². The van der Waals surface area contributed by atoms with Crippen LogP contribution in [0.3, 0.4) is 0 Å². The van der Waals surface area contributed by atoms with Crippen molar-refractivity contribution < 1.29 is 14.3 Å². The normalized spacial score (nSPS) is 18.3. The largest absolute Gasteiger partial charge is 0.463 e. The van der Waals surface area contributed by atoms with E-state index in [2.05, 4.69) is 10.6 Å². The lowest BCUT2D eigenvalue weighted by Crippen LogP contribution is -2.45. The van der Waals surface area contributed by atoms with E-state index >= 15 is 0 Å². The molecule has 2 amide bonds. The SMILES string of the molecule is CCOC(=O)C1=C(CC)NC(=O)N[C@@H]1c1ccccc1. The van der Waals surface area contributed by atoms with Crippen LogP contribution in [0.2, 0.25) is 0 Å². The van der Waals surface area contributed by atoms with Gasteiger partial charge in [-0.3, -0.25) is 0 Å². The number of benzene rings is 1. The number of ether oxygens (including phenoxy) is 1. The molecule has 1 aliphatic rings. The first kappa shape index (κ1) is 14.1. The molecule has 0 saturated carbocycles. The third kappa shape index (κ3) is 2.82. The van der Waals surface area contributed by atoms with Gasteiger partial charge in [-0.1, -0.05) is 37.3 Å². The molecule has 5 heteroatoms. The zero-order chi connectivity index (χ0) is 14.5. The van der Waals surface area contributed by atoms with Crippen molar-refractivity contribution in [1.82, 2.24) is 10.6 Å². The molecule has 0 aromatic heterocycles. The summed E-state index contributed by atoms with van der Waals surface area (Å²) < 4.78 is 5.11. The summed E-state index contributed by atoms with van der Waals surface area (Å²) in [5.74, 6) is -0.397. The molecule has 0 bridgehead atoms. The van der Waals surface area contributed by atoms with E-state index in [9.17, 15) is 9.59 Å². The summed E-state index contributed by atoms with van der Waals surface area (Å²) in [6.07, 6.45) is 0.560. The fourth-order valence-corrected chi connectivity index (χ4v) is 2.24. The van der Waals surface area contributed by atoms with E-state index < -0.39 is 12.0 Å². The number of esters is 1. The second-order valence-electron chi connectivity index (χ2n) is 4.41. The van der Waals surface area contributed by atoms with Gasteiger partial charge in [0.15, 0.2) is 0 Å². The van der Waals surface area contributed by atoms with E-state index in [-0.39, 0.29) is 6.03 Å². The van der Waals surface area contributed by atoms with Gasteiger partial charge in [0.25, 0.3) is 0 Å². The number of carbonyl (C=O) groups is 2. The lowest BCUT2D eigenvalue weighted by molar-refractivity contribution is -0.139. The van der Waals surface area contributed by atoms with E-state index in [1.807, 2.05) is 37.3 Å². The Morgan fingerprint density at radius 2 is 1.95 bits per heavy atom. The van der Waals surface area contributed by atoms with E-state index in [0.717, 1.165) is 5.56 Å². The lowest BCUT2D eigenvalue weighted by Gasteiger charge is -2.29. The van der Waals surface area contributed by atoms with Crippen LogP contribution in [0.5, 0.6) is 0 Å². The summed E-state index contributed by atoms with van der Waals surface area (Å²) in [5, 5.41) is 5.46. The van der Waals surface area contributed by atoms with Crippen LogP contribution < -0.4 is 10.6 Å². The van der Waals surface area contributed by atoms with Crippen LogP contribution in [0.15, 0.2) is 41.6 Å². The van der Waals surface area contributed by atoms with Crippen molar-refractivity contribution in [1.29, 1.82) is 0 Å². The van der Waals surface area contributed by atoms with Gasteiger partial charge in [0.1, 0.15) is 0 Å². The van der Waals surface area contributed by atoms with Crippen LogP contribution in [-0.4, -0.2) is 18.6 Å². The van der Waals surface area contributed by atoms with Gasteiger partial charge in [-0.25, -0.2) is 9.59 Å². The number of nitrogens with one attached hydrogen (secondary N) is 2. The standard InChI is InChI=1S/C15H18N2O3/c1-3-11-12(14(18)20-4-2)13(17-15(19)16-11)10-8-6-5-7-9-10/h5-9,13H,3-4H2,1-2H3,(H2,16,17,19)/t13-/m1/s1. The molecule has 2 N–H and O–H groups in total. The molecule has 20 heavy (non-hydrogen) atoms.